The Balaban J connectivity index is 1.23. The Morgan fingerprint density at radius 1 is 1.00 bits per heavy atom. The molecule has 0 bridgehead atoms. The van der Waals surface area contributed by atoms with Crippen LogP contribution < -0.4 is 9.47 Å². The molecule has 7 heteroatoms. The van der Waals surface area contributed by atoms with Gasteiger partial charge in [-0.1, -0.05) is 41.9 Å². The Bertz CT molecular complexity index is 969. The molecule has 162 valence electrons. The average molecular weight is 441 g/mol. The fraction of sp³-hybridized carbons (Fsp3) is 0.333. The van der Waals surface area contributed by atoms with Crippen LogP contribution in [0.5, 0.6) is 11.5 Å². The molecule has 0 atom stereocenters. The summed E-state index contributed by atoms with van der Waals surface area (Å²) in [5.74, 6) is 1.20. The molecule has 2 aromatic carbocycles. The molecule has 31 heavy (non-hydrogen) atoms. The van der Waals surface area contributed by atoms with Crippen LogP contribution in [-0.2, 0) is 16.0 Å². The van der Waals surface area contributed by atoms with Gasteiger partial charge in [0.25, 0.3) is 0 Å². The van der Waals surface area contributed by atoms with Gasteiger partial charge in [-0.25, -0.2) is 0 Å². The molecule has 0 aliphatic carbocycles. The van der Waals surface area contributed by atoms with Crippen LogP contribution in [0.15, 0.2) is 48.5 Å². The van der Waals surface area contributed by atoms with Crippen LogP contribution in [0, 0.1) is 0 Å². The topological polar surface area (TPSA) is 59.1 Å². The highest BCUT2D eigenvalue weighted by Crippen LogP contribution is 2.40. The number of aryl methyl sites for hydroxylation is 1. The van der Waals surface area contributed by atoms with Crippen LogP contribution >= 0.6 is 11.6 Å². The molecule has 6 nitrogen and oxygen atoms in total. The van der Waals surface area contributed by atoms with Crippen molar-refractivity contribution in [3.8, 4) is 11.5 Å². The molecule has 2 aliphatic rings. The van der Waals surface area contributed by atoms with Crippen molar-refractivity contribution in [3.05, 3.63) is 64.7 Å². The number of fused-ring (bicyclic) bond motifs is 1. The third-order valence-corrected chi connectivity index (χ3v) is 5.79. The van der Waals surface area contributed by atoms with E-state index in [9.17, 15) is 9.59 Å². The summed E-state index contributed by atoms with van der Waals surface area (Å²) in [5.41, 5.74) is 2.02. The van der Waals surface area contributed by atoms with Crippen molar-refractivity contribution in [1.29, 1.82) is 0 Å². The van der Waals surface area contributed by atoms with E-state index in [1.54, 1.807) is 23.1 Å². The lowest BCUT2D eigenvalue weighted by molar-refractivity contribution is -0.137. The van der Waals surface area contributed by atoms with Crippen LogP contribution in [0.4, 0.5) is 0 Å². The first-order valence-corrected chi connectivity index (χ1v) is 10.9. The average Bonchev–Trinajstić information content (AvgIpc) is 3.27. The van der Waals surface area contributed by atoms with Crippen molar-refractivity contribution in [2.24, 2.45) is 0 Å². The van der Waals surface area contributed by atoms with Crippen LogP contribution in [0.1, 0.15) is 24.0 Å². The number of piperazine rings is 1. The van der Waals surface area contributed by atoms with Gasteiger partial charge in [0.2, 0.25) is 18.6 Å². The number of hydrogen-bond acceptors (Lipinski definition) is 4. The second-order valence-electron chi connectivity index (χ2n) is 7.62. The van der Waals surface area contributed by atoms with E-state index >= 15 is 0 Å². The lowest BCUT2D eigenvalue weighted by atomic mass is 10.1. The van der Waals surface area contributed by atoms with Crippen molar-refractivity contribution in [2.75, 3.05) is 33.0 Å². The van der Waals surface area contributed by atoms with E-state index in [4.69, 9.17) is 21.1 Å². The highest BCUT2D eigenvalue weighted by atomic mass is 35.5. The standard InChI is InChI=1S/C24H25ClN2O4/c25-20-15-19(16-21-24(20)31-17-30-21)9-10-23(29)27-13-11-26(12-14-27)22(28)8-4-7-18-5-2-1-3-6-18/h1-3,5-6,9-10,15-16H,4,7-8,11-14,17H2/b10-9+. The van der Waals surface area contributed by atoms with Gasteiger partial charge in [-0.15, -0.1) is 0 Å². The van der Waals surface area contributed by atoms with Gasteiger partial charge in [-0.05, 0) is 42.2 Å². The first-order chi connectivity index (χ1) is 15.1. The zero-order valence-corrected chi connectivity index (χ0v) is 18.0. The maximum Gasteiger partial charge on any atom is 0.246 e. The highest BCUT2D eigenvalue weighted by Gasteiger charge is 2.23. The smallest absolute Gasteiger partial charge is 0.246 e. The minimum absolute atomic E-state index is 0.0787. The fourth-order valence-electron chi connectivity index (χ4n) is 3.78. The lowest BCUT2D eigenvalue weighted by Crippen LogP contribution is -2.50. The van der Waals surface area contributed by atoms with E-state index in [2.05, 4.69) is 12.1 Å². The van der Waals surface area contributed by atoms with Gasteiger partial charge in [0.05, 0.1) is 5.02 Å². The van der Waals surface area contributed by atoms with Gasteiger partial charge in [0, 0.05) is 38.7 Å². The monoisotopic (exact) mass is 440 g/mol. The number of halogens is 1. The SMILES string of the molecule is O=C(/C=C/c1cc(Cl)c2c(c1)OCO2)N1CCN(C(=O)CCCc2ccccc2)CC1. The second kappa shape index (κ2) is 9.88. The van der Waals surface area contributed by atoms with E-state index in [1.807, 2.05) is 23.1 Å². The molecule has 0 spiro atoms. The fourth-order valence-corrected chi connectivity index (χ4v) is 4.05. The normalized spacial score (nSPS) is 15.5. The summed E-state index contributed by atoms with van der Waals surface area (Å²) < 4.78 is 10.7. The minimum Gasteiger partial charge on any atom is -0.454 e. The van der Waals surface area contributed by atoms with Crippen molar-refractivity contribution in [2.45, 2.75) is 19.3 Å². The first kappa shape index (κ1) is 21.2. The zero-order chi connectivity index (χ0) is 21.6. The van der Waals surface area contributed by atoms with Crippen LogP contribution in [0.25, 0.3) is 6.08 Å². The third kappa shape index (κ3) is 5.39. The Labute approximate surface area is 187 Å². The van der Waals surface area contributed by atoms with E-state index < -0.39 is 0 Å². The summed E-state index contributed by atoms with van der Waals surface area (Å²) >= 11 is 6.18. The second-order valence-corrected chi connectivity index (χ2v) is 8.02. The lowest BCUT2D eigenvalue weighted by Gasteiger charge is -2.34. The molecule has 1 saturated heterocycles. The Hall–Kier alpha value is -2.99. The molecule has 2 amide bonds. The van der Waals surface area contributed by atoms with Gasteiger partial charge in [0.15, 0.2) is 11.5 Å². The molecular formula is C24H25ClN2O4. The van der Waals surface area contributed by atoms with Crippen molar-refractivity contribution in [1.82, 2.24) is 9.80 Å². The Morgan fingerprint density at radius 3 is 2.52 bits per heavy atom. The number of hydrogen-bond donors (Lipinski definition) is 0. The largest absolute Gasteiger partial charge is 0.454 e. The number of amides is 2. The maximum absolute atomic E-state index is 12.5. The van der Waals surface area contributed by atoms with Crippen molar-refractivity contribution < 1.29 is 19.1 Å². The molecule has 0 saturated carbocycles. The molecule has 4 rings (SSSR count). The molecule has 2 aliphatic heterocycles. The van der Waals surface area contributed by atoms with Crippen molar-refractivity contribution in [3.63, 3.8) is 0 Å². The number of carbonyl (C=O) groups is 2. The minimum atomic E-state index is -0.0787. The first-order valence-electron chi connectivity index (χ1n) is 10.5. The van der Waals surface area contributed by atoms with Gasteiger partial charge >= 0.3 is 0 Å². The van der Waals surface area contributed by atoms with Crippen molar-refractivity contribution >= 4 is 29.5 Å². The van der Waals surface area contributed by atoms with E-state index in [1.165, 1.54) is 11.6 Å². The summed E-state index contributed by atoms with van der Waals surface area (Å²) in [4.78, 5) is 28.6. The van der Waals surface area contributed by atoms with Crippen LogP contribution in [0.2, 0.25) is 5.02 Å². The number of nitrogens with zero attached hydrogens (tertiary/aromatic N) is 2. The number of benzene rings is 2. The third-order valence-electron chi connectivity index (χ3n) is 5.51. The summed E-state index contributed by atoms with van der Waals surface area (Å²) in [6.45, 7) is 2.36. The molecular weight excluding hydrogens is 416 g/mol. The molecule has 0 unspecified atom stereocenters. The van der Waals surface area contributed by atoms with Gasteiger partial charge < -0.3 is 19.3 Å². The molecule has 2 aromatic rings. The number of carbonyl (C=O) groups excluding carboxylic acids is 2. The summed E-state index contributed by atoms with van der Waals surface area (Å²) in [6.07, 6.45) is 5.53. The molecule has 2 heterocycles. The van der Waals surface area contributed by atoms with Crippen LogP contribution in [0.3, 0.4) is 0 Å². The van der Waals surface area contributed by atoms with E-state index in [0.29, 0.717) is 49.1 Å². The Morgan fingerprint density at radius 2 is 1.74 bits per heavy atom. The molecule has 0 aromatic heterocycles. The zero-order valence-electron chi connectivity index (χ0n) is 17.3. The van der Waals surface area contributed by atoms with Crippen LogP contribution in [-0.4, -0.2) is 54.6 Å². The summed E-state index contributed by atoms with van der Waals surface area (Å²) in [5, 5.41) is 0.460. The van der Waals surface area contributed by atoms with E-state index in [0.717, 1.165) is 18.4 Å². The molecule has 0 N–H and O–H groups in total. The van der Waals surface area contributed by atoms with Gasteiger partial charge in [0.1, 0.15) is 0 Å². The van der Waals surface area contributed by atoms with Gasteiger partial charge in [-0.3, -0.25) is 9.59 Å². The predicted molar refractivity (Wildman–Crippen MR) is 119 cm³/mol. The highest BCUT2D eigenvalue weighted by molar-refractivity contribution is 6.32. The quantitative estimate of drug-likeness (QED) is 0.641. The summed E-state index contributed by atoms with van der Waals surface area (Å²) in [6, 6.07) is 13.7. The summed E-state index contributed by atoms with van der Waals surface area (Å²) in [7, 11) is 0. The Kier molecular flexibility index (Phi) is 6.77. The maximum atomic E-state index is 12.5. The van der Waals surface area contributed by atoms with Gasteiger partial charge in [-0.2, -0.15) is 0 Å². The van der Waals surface area contributed by atoms with E-state index in [-0.39, 0.29) is 18.6 Å². The number of ether oxygens (including phenoxy) is 2. The molecule has 1 fully saturated rings. The molecule has 0 radical (unpaired) electrons. The number of rotatable bonds is 6. The predicted octanol–water partition coefficient (Wildman–Crippen LogP) is 3.78.